The second-order valence-corrected chi connectivity index (χ2v) is 6.80. The molecule has 2 aromatic carbocycles. The lowest BCUT2D eigenvalue weighted by atomic mass is 10.1. The van der Waals surface area contributed by atoms with Gasteiger partial charge in [0.15, 0.2) is 0 Å². The summed E-state index contributed by atoms with van der Waals surface area (Å²) < 4.78 is 37.8. The number of nitrogens with zero attached hydrogens (tertiary/aromatic N) is 2. The van der Waals surface area contributed by atoms with E-state index < -0.39 is 27.8 Å². The van der Waals surface area contributed by atoms with Gasteiger partial charge in [0.25, 0.3) is 16.8 Å². The fourth-order valence-electron chi connectivity index (χ4n) is 2.46. The number of carbonyl (C=O) groups is 2. The minimum absolute atomic E-state index is 0.104. The normalized spacial score (nSPS) is 16.1. The van der Waals surface area contributed by atoms with E-state index in [9.17, 15) is 32.9 Å². The molecule has 0 spiro atoms. The minimum atomic E-state index is -4.46. The Hall–Kier alpha value is -3.14. The van der Waals surface area contributed by atoms with Crippen molar-refractivity contribution in [3.8, 4) is 0 Å². The summed E-state index contributed by atoms with van der Waals surface area (Å²) in [6.07, 6.45) is -3.03. The second kappa shape index (κ2) is 7.47. The smallest absolute Gasteiger partial charge is 0.268 e. The summed E-state index contributed by atoms with van der Waals surface area (Å²) in [6.45, 7) is -0.152. The molecule has 6 nitrogen and oxygen atoms in total. The van der Waals surface area contributed by atoms with Crippen LogP contribution >= 0.6 is 11.8 Å². The fraction of sp³-hybridized carbons (Fsp3) is 0.111. The number of halogens is 3. The number of nitro benzene ring substituents is 1. The summed E-state index contributed by atoms with van der Waals surface area (Å²) in [5.41, 5.74) is -0.0338. The number of hydrogen-bond acceptors (Lipinski definition) is 5. The van der Waals surface area contributed by atoms with Crippen molar-refractivity contribution in [3.05, 3.63) is 80.2 Å². The molecular formula is C18H11F3N2O4S. The van der Waals surface area contributed by atoms with E-state index in [1.165, 1.54) is 42.5 Å². The van der Waals surface area contributed by atoms with Crippen LogP contribution in [0.5, 0.6) is 0 Å². The van der Waals surface area contributed by atoms with Crippen LogP contribution in [-0.2, 0) is 17.5 Å². The number of nitro groups is 1. The van der Waals surface area contributed by atoms with Gasteiger partial charge in [-0.2, -0.15) is 13.2 Å². The molecule has 1 fully saturated rings. The van der Waals surface area contributed by atoms with E-state index in [2.05, 4.69) is 0 Å². The molecule has 144 valence electrons. The zero-order chi connectivity index (χ0) is 20.5. The van der Waals surface area contributed by atoms with Gasteiger partial charge in [0.05, 0.1) is 21.9 Å². The van der Waals surface area contributed by atoms with Gasteiger partial charge < -0.3 is 0 Å². The van der Waals surface area contributed by atoms with E-state index in [4.69, 9.17) is 0 Å². The topological polar surface area (TPSA) is 80.5 Å². The van der Waals surface area contributed by atoms with Gasteiger partial charge in [-0.25, -0.2) is 0 Å². The summed E-state index contributed by atoms with van der Waals surface area (Å²) in [5.74, 6) is -0.576. The van der Waals surface area contributed by atoms with Crippen LogP contribution in [0.3, 0.4) is 0 Å². The van der Waals surface area contributed by atoms with Crippen molar-refractivity contribution in [1.29, 1.82) is 0 Å². The van der Waals surface area contributed by atoms with E-state index in [0.29, 0.717) is 22.9 Å². The molecule has 1 aliphatic heterocycles. The number of alkyl halides is 3. The first-order chi connectivity index (χ1) is 13.1. The van der Waals surface area contributed by atoms with Crippen LogP contribution < -0.4 is 0 Å². The summed E-state index contributed by atoms with van der Waals surface area (Å²) in [4.78, 5) is 35.7. The molecule has 1 heterocycles. The maximum atomic E-state index is 12.6. The van der Waals surface area contributed by atoms with Gasteiger partial charge in [-0.15, -0.1) is 0 Å². The number of benzene rings is 2. The zero-order valence-corrected chi connectivity index (χ0v) is 14.8. The fourth-order valence-corrected chi connectivity index (χ4v) is 3.30. The first-order valence-corrected chi connectivity index (χ1v) is 8.63. The summed E-state index contributed by atoms with van der Waals surface area (Å²) >= 11 is 0.698. The maximum Gasteiger partial charge on any atom is 0.416 e. The number of non-ortho nitro benzene ring substituents is 1. The van der Waals surface area contributed by atoms with Gasteiger partial charge in [-0.1, -0.05) is 12.1 Å². The molecule has 2 amide bonds. The van der Waals surface area contributed by atoms with Crippen molar-refractivity contribution < 1.29 is 27.7 Å². The predicted molar refractivity (Wildman–Crippen MR) is 96.1 cm³/mol. The quantitative estimate of drug-likeness (QED) is 0.410. The summed E-state index contributed by atoms with van der Waals surface area (Å²) in [6, 6.07) is 9.65. The molecule has 2 aromatic rings. The van der Waals surface area contributed by atoms with E-state index in [1.54, 1.807) is 0 Å². The van der Waals surface area contributed by atoms with Gasteiger partial charge in [-0.05, 0) is 53.2 Å². The van der Waals surface area contributed by atoms with Crippen LogP contribution in [0.25, 0.3) is 6.08 Å². The number of hydrogen-bond donors (Lipinski definition) is 0. The van der Waals surface area contributed by atoms with Crippen molar-refractivity contribution in [1.82, 2.24) is 4.90 Å². The molecule has 1 aliphatic rings. The highest BCUT2D eigenvalue weighted by atomic mass is 32.2. The highest BCUT2D eigenvalue weighted by molar-refractivity contribution is 8.18. The monoisotopic (exact) mass is 408 g/mol. The molecule has 1 saturated heterocycles. The Bertz CT molecular complexity index is 970. The van der Waals surface area contributed by atoms with Crippen LogP contribution in [-0.4, -0.2) is 21.0 Å². The highest BCUT2D eigenvalue weighted by Gasteiger charge is 2.35. The van der Waals surface area contributed by atoms with Crippen molar-refractivity contribution in [2.75, 3.05) is 0 Å². The Morgan fingerprint density at radius 3 is 2.18 bits per heavy atom. The Balaban J connectivity index is 1.75. The lowest BCUT2D eigenvalue weighted by Crippen LogP contribution is -2.27. The molecule has 0 bridgehead atoms. The third-order valence-corrected chi connectivity index (χ3v) is 4.80. The van der Waals surface area contributed by atoms with Crippen LogP contribution in [0.15, 0.2) is 53.4 Å². The molecule has 0 unspecified atom stereocenters. The van der Waals surface area contributed by atoms with Crippen LogP contribution in [0.2, 0.25) is 0 Å². The molecule has 0 N–H and O–H groups in total. The molecule has 0 aromatic heterocycles. The van der Waals surface area contributed by atoms with Crippen molar-refractivity contribution in [2.45, 2.75) is 12.7 Å². The standard InChI is InChI=1S/C18H11F3N2O4S/c19-18(20,21)13-5-1-12(2-6-13)10-22-16(24)15(28-17(22)25)9-11-3-7-14(8-4-11)23(26)27/h1-9H,10H2/b15-9-. The van der Waals surface area contributed by atoms with E-state index in [-0.39, 0.29) is 17.1 Å². The van der Waals surface area contributed by atoms with Gasteiger partial charge in [0.2, 0.25) is 0 Å². The van der Waals surface area contributed by atoms with Crippen LogP contribution in [0, 0.1) is 10.1 Å². The van der Waals surface area contributed by atoms with Gasteiger partial charge in [0, 0.05) is 12.1 Å². The van der Waals surface area contributed by atoms with E-state index in [0.717, 1.165) is 17.0 Å². The second-order valence-electron chi connectivity index (χ2n) is 5.81. The Morgan fingerprint density at radius 1 is 1.04 bits per heavy atom. The molecular weight excluding hydrogens is 397 g/mol. The Labute approximate surface area is 160 Å². The molecule has 28 heavy (non-hydrogen) atoms. The van der Waals surface area contributed by atoms with E-state index >= 15 is 0 Å². The number of amides is 2. The lowest BCUT2D eigenvalue weighted by Gasteiger charge is -2.13. The first-order valence-electron chi connectivity index (χ1n) is 7.81. The highest BCUT2D eigenvalue weighted by Crippen LogP contribution is 2.34. The minimum Gasteiger partial charge on any atom is -0.268 e. The number of rotatable bonds is 4. The molecule has 0 aliphatic carbocycles. The van der Waals surface area contributed by atoms with Crippen molar-refractivity contribution in [2.24, 2.45) is 0 Å². The molecule has 3 rings (SSSR count). The Kier molecular flexibility index (Phi) is 5.23. The lowest BCUT2D eigenvalue weighted by molar-refractivity contribution is -0.384. The van der Waals surface area contributed by atoms with Crippen molar-refractivity contribution in [3.63, 3.8) is 0 Å². The third-order valence-electron chi connectivity index (χ3n) is 3.90. The van der Waals surface area contributed by atoms with Gasteiger partial charge >= 0.3 is 6.18 Å². The van der Waals surface area contributed by atoms with Crippen molar-refractivity contribution >= 4 is 34.7 Å². The van der Waals surface area contributed by atoms with Gasteiger partial charge in [-0.3, -0.25) is 24.6 Å². The summed E-state index contributed by atoms with van der Waals surface area (Å²) in [5, 5.41) is 10.1. The van der Waals surface area contributed by atoms with E-state index in [1.807, 2.05) is 0 Å². The summed E-state index contributed by atoms with van der Waals surface area (Å²) in [7, 11) is 0. The predicted octanol–water partition coefficient (Wildman–Crippen LogP) is 4.85. The number of thioether (sulfide) groups is 1. The van der Waals surface area contributed by atoms with Gasteiger partial charge in [0.1, 0.15) is 0 Å². The number of imide groups is 1. The molecule has 10 heteroatoms. The SMILES string of the molecule is O=C1S/C(=C\c2ccc([N+](=O)[O-])cc2)C(=O)N1Cc1ccc(C(F)(F)F)cc1. The molecule has 0 atom stereocenters. The van der Waals surface area contributed by atoms with Crippen LogP contribution in [0.4, 0.5) is 23.7 Å². The molecule has 0 saturated carbocycles. The zero-order valence-electron chi connectivity index (χ0n) is 14.0. The Morgan fingerprint density at radius 2 is 1.64 bits per heavy atom. The maximum absolute atomic E-state index is 12.6. The third kappa shape index (κ3) is 4.22. The average Bonchev–Trinajstić information content (AvgIpc) is 2.89. The number of carbonyl (C=O) groups excluding carboxylic acids is 2. The largest absolute Gasteiger partial charge is 0.416 e. The van der Waals surface area contributed by atoms with Crippen LogP contribution in [0.1, 0.15) is 16.7 Å². The average molecular weight is 408 g/mol. The molecule has 0 radical (unpaired) electrons. The first kappa shape index (κ1) is 19.6.